The number of halogens is 1. The monoisotopic (exact) mass is 200 g/mol. The Labute approximate surface area is 80.2 Å². The van der Waals surface area contributed by atoms with Gasteiger partial charge in [0.15, 0.2) is 0 Å². The summed E-state index contributed by atoms with van der Waals surface area (Å²) < 4.78 is 0. The molecule has 0 unspecified atom stereocenters. The second kappa shape index (κ2) is 4.54. The topological polar surface area (TPSA) is 79.2 Å². The maximum atomic E-state index is 10.6. The van der Waals surface area contributed by atoms with Gasteiger partial charge in [-0.05, 0) is 24.3 Å². The van der Waals surface area contributed by atoms with E-state index in [4.69, 9.17) is 17.4 Å². The van der Waals surface area contributed by atoms with Gasteiger partial charge >= 0.3 is 6.03 Å². The Morgan fingerprint density at radius 3 is 2.46 bits per heavy atom. The third-order valence-electron chi connectivity index (χ3n) is 1.30. The average molecular weight is 201 g/mol. The minimum atomic E-state index is -0.519. The van der Waals surface area contributed by atoms with Crippen molar-refractivity contribution < 1.29 is 4.79 Å². The first-order valence-corrected chi connectivity index (χ1v) is 3.88. The molecule has 2 amide bonds. The smallest absolute Gasteiger partial charge is 0.297 e. The lowest BCUT2D eigenvalue weighted by atomic mass is 10.3. The molecule has 0 spiro atoms. The van der Waals surface area contributed by atoms with Crippen molar-refractivity contribution in [1.82, 2.24) is 10.9 Å². The molecule has 5 N–H and O–H groups in total. The second-order valence-corrected chi connectivity index (χ2v) is 2.67. The van der Waals surface area contributed by atoms with Gasteiger partial charge in [-0.2, -0.15) is 0 Å². The highest BCUT2D eigenvalue weighted by molar-refractivity contribution is 6.30. The molecule has 0 atom stereocenters. The summed E-state index contributed by atoms with van der Waals surface area (Å²) in [6, 6.07) is 6.32. The van der Waals surface area contributed by atoms with Crippen LogP contribution < -0.4 is 22.1 Å². The van der Waals surface area contributed by atoms with Crippen LogP contribution in [-0.4, -0.2) is 6.03 Å². The maximum Gasteiger partial charge on any atom is 0.347 e. The van der Waals surface area contributed by atoms with Crippen LogP contribution >= 0.6 is 11.6 Å². The molecule has 0 saturated carbocycles. The number of urea groups is 1. The van der Waals surface area contributed by atoms with Crippen molar-refractivity contribution in [2.75, 3.05) is 5.43 Å². The molecule has 5 nitrogen and oxygen atoms in total. The van der Waals surface area contributed by atoms with E-state index in [1.165, 1.54) is 0 Å². The van der Waals surface area contributed by atoms with Crippen molar-refractivity contribution in [3.8, 4) is 0 Å². The van der Waals surface area contributed by atoms with Gasteiger partial charge in [0.1, 0.15) is 0 Å². The van der Waals surface area contributed by atoms with E-state index in [-0.39, 0.29) is 0 Å². The van der Waals surface area contributed by atoms with Gasteiger partial charge in [0.05, 0.1) is 5.69 Å². The molecule has 0 aliphatic rings. The van der Waals surface area contributed by atoms with Crippen LogP contribution in [0.3, 0.4) is 0 Å². The number of hydrogen-bond donors (Lipinski definition) is 4. The standard InChI is InChI=1S/C7H9ClN4O/c8-5-1-3-6(4-2-5)11-12-7(13)10-9/h1-4,11H,9H2,(H2,10,12,13). The molecule has 1 aromatic rings. The highest BCUT2D eigenvalue weighted by Gasteiger charge is 1.94. The molecule has 0 aromatic heterocycles. The molecule has 0 heterocycles. The summed E-state index contributed by atoms with van der Waals surface area (Å²) in [5.41, 5.74) is 7.55. The minimum Gasteiger partial charge on any atom is -0.297 e. The number of hydrazine groups is 2. The number of anilines is 1. The Morgan fingerprint density at radius 2 is 1.92 bits per heavy atom. The number of hydrogen-bond acceptors (Lipinski definition) is 3. The van der Waals surface area contributed by atoms with Crippen LogP contribution in [0.25, 0.3) is 0 Å². The summed E-state index contributed by atoms with van der Waals surface area (Å²) in [6.45, 7) is 0. The van der Waals surface area contributed by atoms with Crippen LogP contribution in [0.5, 0.6) is 0 Å². The fourth-order valence-electron chi connectivity index (χ4n) is 0.698. The molecule has 13 heavy (non-hydrogen) atoms. The molecule has 0 radical (unpaired) electrons. The van der Waals surface area contributed by atoms with E-state index in [0.717, 1.165) is 0 Å². The van der Waals surface area contributed by atoms with E-state index in [1.807, 2.05) is 5.43 Å². The zero-order chi connectivity index (χ0) is 9.68. The first-order valence-electron chi connectivity index (χ1n) is 3.50. The Kier molecular flexibility index (Phi) is 3.36. The second-order valence-electron chi connectivity index (χ2n) is 2.23. The summed E-state index contributed by atoms with van der Waals surface area (Å²) >= 11 is 5.65. The quantitative estimate of drug-likeness (QED) is 0.325. The van der Waals surface area contributed by atoms with Crippen LogP contribution in [0.4, 0.5) is 10.5 Å². The molecular weight excluding hydrogens is 192 g/mol. The summed E-state index contributed by atoms with van der Waals surface area (Å²) in [5.74, 6) is 4.84. The van der Waals surface area contributed by atoms with Crippen LogP contribution in [-0.2, 0) is 0 Å². The fraction of sp³-hybridized carbons (Fsp3) is 0. The number of nitrogens with two attached hydrogens (primary N) is 1. The predicted molar refractivity (Wildman–Crippen MR) is 50.9 cm³/mol. The first kappa shape index (κ1) is 9.63. The number of benzene rings is 1. The minimum absolute atomic E-state index is 0.519. The zero-order valence-electron chi connectivity index (χ0n) is 6.67. The average Bonchev–Trinajstić information content (AvgIpc) is 2.16. The van der Waals surface area contributed by atoms with E-state index in [2.05, 4.69) is 10.9 Å². The van der Waals surface area contributed by atoms with E-state index in [9.17, 15) is 4.79 Å². The first-order chi connectivity index (χ1) is 6.22. The summed E-state index contributed by atoms with van der Waals surface area (Å²) in [7, 11) is 0. The van der Waals surface area contributed by atoms with Gasteiger partial charge < -0.3 is 0 Å². The maximum absolute atomic E-state index is 10.6. The third-order valence-corrected chi connectivity index (χ3v) is 1.55. The molecule has 70 valence electrons. The van der Waals surface area contributed by atoms with Crippen molar-refractivity contribution >= 4 is 23.3 Å². The summed E-state index contributed by atoms with van der Waals surface area (Å²) in [4.78, 5) is 10.6. The molecule has 0 bridgehead atoms. The van der Waals surface area contributed by atoms with Crippen LogP contribution in [0.2, 0.25) is 5.02 Å². The van der Waals surface area contributed by atoms with Gasteiger partial charge in [0, 0.05) is 5.02 Å². The SMILES string of the molecule is NNC(=O)NNc1ccc(Cl)cc1. The lowest BCUT2D eigenvalue weighted by Gasteiger charge is -2.06. The van der Waals surface area contributed by atoms with Gasteiger partial charge in [0.2, 0.25) is 0 Å². The van der Waals surface area contributed by atoms with Crippen molar-refractivity contribution in [1.29, 1.82) is 0 Å². The van der Waals surface area contributed by atoms with Gasteiger partial charge in [-0.15, -0.1) is 0 Å². The van der Waals surface area contributed by atoms with E-state index in [1.54, 1.807) is 24.3 Å². The molecular formula is C7H9ClN4O. The van der Waals surface area contributed by atoms with Crippen molar-refractivity contribution in [3.05, 3.63) is 29.3 Å². The lowest BCUT2D eigenvalue weighted by molar-refractivity contribution is 0.243. The van der Waals surface area contributed by atoms with Crippen LogP contribution in [0.15, 0.2) is 24.3 Å². The van der Waals surface area contributed by atoms with E-state index >= 15 is 0 Å². The Hall–Kier alpha value is -1.46. The lowest BCUT2D eigenvalue weighted by Crippen LogP contribution is -2.42. The zero-order valence-corrected chi connectivity index (χ0v) is 7.43. The molecule has 1 aromatic carbocycles. The van der Waals surface area contributed by atoms with Crippen molar-refractivity contribution in [3.63, 3.8) is 0 Å². The number of rotatable bonds is 2. The van der Waals surface area contributed by atoms with Gasteiger partial charge in [-0.1, -0.05) is 11.6 Å². The molecule has 0 aliphatic heterocycles. The summed E-state index contributed by atoms with van der Waals surface area (Å²) in [6.07, 6.45) is 0. The predicted octanol–water partition coefficient (Wildman–Crippen LogP) is 0.840. The Morgan fingerprint density at radius 1 is 1.31 bits per heavy atom. The number of carbonyl (C=O) groups is 1. The highest BCUT2D eigenvalue weighted by atomic mass is 35.5. The van der Waals surface area contributed by atoms with Crippen molar-refractivity contribution in [2.24, 2.45) is 5.84 Å². The number of carbonyl (C=O) groups excluding carboxylic acids is 1. The molecule has 0 fully saturated rings. The van der Waals surface area contributed by atoms with Gasteiger partial charge in [0.25, 0.3) is 0 Å². The Balaban J connectivity index is 2.46. The molecule has 1 rings (SSSR count). The largest absolute Gasteiger partial charge is 0.347 e. The third kappa shape index (κ3) is 3.18. The number of nitrogens with one attached hydrogen (secondary N) is 3. The highest BCUT2D eigenvalue weighted by Crippen LogP contribution is 2.12. The Bertz CT molecular complexity index is 287. The van der Waals surface area contributed by atoms with Gasteiger partial charge in [-0.25, -0.2) is 10.6 Å². The fourth-order valence-corrected chi connectivity index (χ4v) is 0.824. The van der Waals surface area contributed by atoms with Gasteiger partial charge in [-0.3, -0.25) is 16.3 Å². The van der Waals surface area contributed by atoms with Crippen LogP contribution in [0.1, 0.15) is 0 Å². The summed E-state index contributed by atoms with van der Waals surface area (Å²) in [5, 5.41) is 0.633. The van der Waals surface area contributed by atoms with E-state index in [0.29, 0.717) is 10.7 Å². The normalized spacial score (nSPS) is 9.08. The van der Waals surface area contributed by atoms with Crippen LogP contribution in [0, 0.1) is 0 Å². The molecule has 6 heteroatoms. The van der Waals surface area contributed by atoms with E-state index < -0.39 is 6.03 Å². The van der Waals surface area contributed by atoms with Crippen molar-refractivity contribution in [2.45, 2.75) is 0 Å². The molecule has 0 aliphatic carbocycles. The number of amides is 2. The molecule has 0 saturated heterocycles.